The molecule has 4 nitrogen and oxygen atoms in total. The van der Waals surface area contributed by atoms with Crippen LogP contribution in [-0.4, -0.2) is 32.9 Å². The van der Waals surface area contributed by atoms with Crippen LogP contribution in [0.1, 0.15) is 32.3 Å². The first-order valence-corrected chi connectivity index (χ1v) is 8.60. The molecule has 1 atom stereocenters. The summed E-state index contributed by atoms with van der Waals surface area (Å²) in [4.78, 5) is 0.379. The molecular formula is C15H23NO3S. The van der Waals surface area contributed by atoms with Crippen molar-refractivity contribution in [1.82, 2.24) is 4.31 Å². The Hall–Kier alpha value is -1.07. The maximum atomic E-state index is 12.7. The van der Waals surface area contributed by atoms with E-state index in [4.69, 9.17) is 4.74 Å². The number of benzene rings is 1. The fraction of sp³-hybridized carbons (Fsp3) is 0.600. The molecule has 0 N–H and O–H groups in total. The Morgan fingerprint density at radius 3 is 2.75 bits per heavy atom. The monoisotopic (exact) mass is 297 g/mol. The first-order valence-electron chi connectivity index (χ1n) is 7.16. The average molecular weight is 297 g/mol. The van der Waals surface area contributed by atoms with Gasteiger partial charge < -0.3 is 4.74 Å². The molecule has 1 aromatic carbocycles. The second kappa shape index (κ2) is 6.14. The molecule has 1 saturated heterocycles. The number of hydrogen-bond donors (Lipinski definition) is 0. The zero-order valence-electron chi connectivity index (χ0n) is 12.4. The lowest BCUT2D eigenvalue weighted by Gasteiger charge is -2.30. The molecule has 5 heteroatoms. The van der Waals surface area contributed by atoms with Crippen molar-refractivity contribution in [3.8, 4) is 5.75 Å². The molecule has 0 spiro atoms. The zero-order chi connectivity index (χ0) is 14.8. The third-order valence-electron chi connectivity index (χ3n) is 3.89. The highest BCUT2D eigenvalue weighted by atomic mass is 32.2. The molecule has 0 aliphatic carbocycles. The molecule has 112 valence electrons. The summed E-state index contributed by atoms with van der Waals surface area (Å²) in [6.07, 6.45) is 2.80. The quantitative estimate of drug-likeness (QED) is 0.858. The Bertz CT molecular complexity index is 568. The number of ether oxygens (including phenoxy) is 1. The lowest BCUT2D eigenvalue weighted by Crippen LogP contribution is -2.39. The van der Waals surface area contributed by atoms with Crippen LogP contribution in [0.5, 0.6) is 5.75 Å². The first kappa shape index (κ1) is 15.3. The van der Waals surface area contributed by atoms with E-state index in [1.165, 1.54) is 0 Å². The molecule has 1 heterocycles. The molecular weight excluding hydrogens is 274 g/mol. The third-order valence-corrected chi connectivity index (χ3v) is 5.75. The van der Waals surface area contributed by atoms with Crippen LogP contribution in [0.15, 0.2) is 23.1 Å². The number of aryl methyl sites for hydroxylation is 1. The summed E-state index contributed by atoms with van der Waals surface area (Å²) in [5, 5.41) is 0. The first-order chi connectivity index (χ1) is 9.48. The molecule has 1 aliphatic heterocycles. The van der Waals surface area contributed by atoms with Crippen molar-refractivity contribution < 1.29 is 13.2 Å². The van der Waals surface area contributed by atoms with Gasteiger partial charge >= 0.3 is 0 Å². The Morgan fingerprint density at radius 1 is 1.40 bits per heavy atom. The van der Waals surface area contributed by atoms with E-state index >= 15 is 0 Å². The van der Waals surface area contributed by atoms with Crippen LogP contribution in [0.4, 0.5) is 0 Å². The summed E-state index contributed by atoms with van der Waals surface area (Å²) in [6.45, 7) is 5.35. The van der Waals surface area contributed by atoms with E-state index in [9.17, 15) is 8.42 Å². The fourth-order valence-electron chi connectivity index (χ4n) is 2.71. The highest BCUT2D eigenvalue weighted by molar-refractivity contribution is 7.89. The van der Waals surface area contributed by atoms with Gasteiger partial charge in [0.25, 0.3) is 0 Å². The number of piperidine rings is 1. The average Bonchev–Trinajstić information content (AvgIpc) is 2.46. The maximum Gasteiger partial charge on any atom is 0.243 e. The van der Waals surface area contributed by atoms with E-state index in [0.717, 1.165) is 30.6 Å². The topological polar surface area (TPSA) is 46.6 Å². The van der Waals surface area contributed by atoms with Crippen molar-refractivity contribution in [2.75, 3.05) is 20.2 Å². The van der Waals surface area contributed by atoms with Gasteiger partial charge in [-0.2, -0.15) is 4.31 Å². The van der Waals surface area contributed by atoms with E-state index in [1.807, 2.05) is 6.92 Å². The van der Waals surface area contributed by atoms with E-state index < -0.39 is 10.0 Å². The van der Waals surface area contributed by atoms with E-state index in [-0.39, 0.29) is 0 Å². The lowest BCUT2D eigenvalue weighted by molar-refractivity contribution is 0.281. The van der Waals surface area contributed by atoms with Crippen LogP contribution in [-0.2, 0) is 16.4 Å². The van der Waals surface area contributed by atoms with Crippen molar-refractivity contribution in [2.24, 2.45) is 5.92 Å². The number of nitrogens with zero attached hydrogens (tertiary/aromatic N) is 1. The molecule has 0 saturated carbocycles. The highest BCUT2D eigenvalue weighted by Crippen LogP contribution is 2.27. The number of rotatable bonds is 4. The molecule has 20 heavy (non-hydrogen) atoms. The minimum absolute atomic E-state index is 0.379. The van der Waals surface area contributed by atoms with Gasteiger partial charge in [0.1, 0.15) is 5.75 Å². The van der Waals surface area contributed by atoms with Crippen molar-refractivity contribution in [2.45, 2.75) is 38.0 Å². The normalized spacial score (nSPS) is 20.9. The van der Waals surface area contributed by atoms with Crippen LogP contribution in [0.3, 0.4) is 0 Å². The standard InChI is InChI=1S/C15H23NO3S/c1-4-13-10-14(7-8-15(13)19-3)20(17,18)16-9-5-6-12(2)11-16/h7-8,10,12H,4-6,9,11H2,1-3H3. The molecule has 1 aliphatic rings. The van der Waals surface area contributed by atoms with E-state index in [0.29, 0.717) is 23.9 Å². The molecule has 0 bridgehead atoms. The van der Waals surface area contributed by atoms with Gasteiger partial charge in [-0.1, -0.05) is 13.8 Å². The van der Waals surface area contributed by atoms with Gasteiger partial charge in [0.2, 0.25) is 10.0 Å². The van der Waals surface area contributed by atoms with Crippen molar-refractivity contribution in [3.05, 3.63) is 23.8 Å². The summed E-state index contributed by atoms with van der Waals surface area (Å²) in [5.74, 6) is 1.18. The second-order valence-electron chi connectivity index (χ2n) is 5.44. The minimum Gasteiger partial charge on any atom is -0.496 e. The molecule has 0 radical (unpaired) electrons. The van der Waals surface area contributed by atoms with Gasteiger partial charge in [0.05, 0.1) is 12.0 Å². The SMILES string of the molecule is CCc1cc(S(=O)(=O)N2CCCC(C)C2)ccc1OC. The Morgan fingerprint density at radius 2 is 2.15 bits per heavy atom. The summed E-state index contributed by atoms with van der Waals surface area (Å²) < 4.78 is 32.2. The van der Waals surface area contributed by atoms with Crippen molar-refractivity contribution in [1.29, 1.82) is 0 Å². The number of methoxy groups -OCH3 is 1. The van der Waals surface area contributed by atoms with Gasteiger partial charge in [-0.25, -0.2) is 8.42 Å². The van der Waals surface area contributed by atoms with Crippen LogP contribution in [0, 0.1) is 5.92 Å². The largest absolute Gasteiger partial charge is 0.496 e. The predicted octanol–water partition coefficient (Wildman–Crippen LogP) is 2.68. The van der Waals surface area contributed by atoms with Gasteiger partial charge in [0, 0.05) is 13.1 Å². The van der Waals surface area contributed by atoms with Crippen molar-refractivity contribution in [3.63, 3.8) is 0 Å². The van der Waals surface area contributed by atoms with Crippen LogP contribution in [0.2, 0.25) is 0 Å². The van der Waals surface area contributed by atoms with E-state index in [2.05, 4.69) is 6.92 Å². The van der Waals surface area contributed by atoms with Crippen molar-refractivity contribution >= 4 is 10.0 Å². The summed E-state index contributed by atoms with van der Waals surface area (Å²) in [7, 11) is -1.77. The summed E-state index contributed by atoms with van der Waals surface area (Å²) >= 11 is 0. The summed E-state index contributed by atoms with van der Waals surface area (Å²) in [5.41, 5.74) is 0.929. The molecule has 2 rings (SSSR count). The fourth-order valence-corrected chi connectivity index (χ4v) is 4.35. The third kappa shape index (κ3) is 2.99. The summed E-state index contributed by atoms with van der Waals surface area (Å²) in [6, 6.07) is 5.14. The highest BCUT2D eigenvalue weighted by Gasteiger charge is 2.29. The Kier molecular flexibility index (Phi) is 4.70. The zero-order valence-corrected chi connectivity index (χ0v) is 13.2. The Balaban J connectivity index is 2.34. The number of sulfonamides is 1. The van der Waals surface area contributed by atoms with Crippen LogP contribution >= 0.6 is 0 Å². The molecule has 0 amide bonds. The van der Waals surface area contributed by atoms with Gasteiger partial charge in [0.15, 0.2) is 0 Å². The molecule has 0 aromatic heterocycles. The van der Waals surface area contributed by atoms with Gasteiger partial charge in [-0.3, -0.25) is 0 Å². The second-order valence-corrected chi connectivity index (χ2v) is 7.38. The Labute approximate surface area is 121 Å². The van der Waals surface area contributed by atoms with Gasteiger partial charge in [-0.15, -0.1) is 0 Å². The van der Waals surface area contributed by atoms with Gasteiger partial charge in [-0.05, 0) is 48.9 Å². The molecule has 1 unspecified atom stereocenters. The minimum atomic E-state index is -3.37. The number of hydrogen-bond acceptors (Lipinski definition) is 3. The smallest absolute Gasteiger partial charge is 0.243 e. The van der Waals surface area contributed by atoms with Crippen LogP contribution in [0.25, 0.3) is 0 Å². The maximum absolute atomic E-state index is 12.7. The molecule has 1 aromatic rings. The van der Waals surface area contributed by atoms with E-state index in [1.54, 1.807) is 29.6 Å². The lowest BCUT2D eigenvalue weighted by atomic mass is 10.0. The molecule has 1 fully saturated rings. The van der Waals surface area contributed by atoms with Crippen LogP contribution < -0.4 is 4.74 Å². The predicted molar refractivity (Wildman–Crippen MR) is 79.5 cm³/mol.